The van der Waals surface area contributed by atoms with Gasteiger partial charge in [-0.1, -0.05) is 30.3 Å². The van der Waals surface area contributed by atoms with Crippen molar-refractivity contribution in [3.05, 3.63) is 66.4 Å². The van der Waals surface area contributed by atoms with Crippen molar-refractivity contribution >= 4 is 5.82 Å². The van der Waals surface area contributed by atoms with Crippen LogP contribution in [0.4, 0.5) is 5.82 Å². The lowest BCUT2D eigenvalue weighted by Crippen LogP contribution is -2.21. The largest absolute Gasteiger partial charge is 0.454 e. The van der Waals surface area contributed by atoms with Crippen molar-refractivity contribution in [2.24, 2.45) is 5.73 Å². The maximum absolute atomic E-state index is 6.22. The number of benzene rings is 2. The van der Waals surface area contributed by atoms with Crippen LogP contribution in [0.2, 0.25) is 0 Å². The molecule has 0 spiro atoms. The third-order valence-corrected chi connectivity index (χ3v) is 4.02. The van der Waals surface area contributed by atoms with Crippen LogP contribution in [0, 0.1) is 0 Å². The SMILES string of the molecule is N[C@@H](CNc1ccnc(-c2ccc3c(c2)OCO3)n1)c1ccccc1. The van der Waals surface area contributed by atoms with Crippen molar-refractivity contribution in [2.45, 2.75) is 6.04 Å². The molecule has 1 aliphatic heterocycles. The fourth-order valence-electron chi connectivity index (χ4n) is 2.66. The number of rotatable bonds is 5. The Morgan fingerprint density at radius 3 is 2.76 bits per heavy atom. The van der Waals surface area contributed by atoms with Crippen molar-refractivity contribution in [2.75, 3.05) is 18.7 Å². The Bertz CT molecular complexity index is 870. The fourth-order valence-corrected chi connectivity index (χ4v) is 2.66. The summed E-state index contributed by atoms with van der Waals surface area (Å²) in [4.78, 5) is 8.90. The third kappa shape index (κ3) is 3.39. The van der Waals surface area contributed by atoms with Gasteiger partial charge in [0, 0.05) is 24.3 Å². The minimum absolute atomic E-state index is 0.106. The monoisotopic (exact) mass is 334 g/mol. The van der Waals surface area contributed by atoms with Crippen molar-refractivity contribution in [3.63, 3.8) is 0 Å². The van der Waals surface area contributed by atoms with Gasteiger partial charge in [0.2, 0.25) is 6.79 Å². The molecular weight excluding hydrogens is 316 g/mol. The molecule has 0 amide bonds. The molecule has 1 atom stereocenters. The first-order chi connectivity index (χ1) is 12.3. The van der Waals surface area contributed by atoms with Gasteiger partial charge in [-0.15, -0.1) is 0 Å². The number of nitrogens with one attached hydrogen (secondary N) is 1. The highest BCUT2D eigenvalue weighted by molar-refractivity contribution is 5.62. The molecule has 4 rings (SSSR count). The second-order valence-electron chi connectivity index (χ2n) is 5.73. The highest BCUT2D eigenvalue weighted by Crippen LogP contribution is 2.35. The van der Waals surface area contributed by atoms with Crippen LogP contribution in [0.5, 0.6) is 11.5 Å². The molecule has 2 heterocycles. The topological polar surface area (TPSA) is 82.3 Å². The minimum atomic E-state index is -0.106. The second-order valence-corrected chi connectivity index (χ2v) is 5.73. The van der Waals surface area contributed by atoms with E-state index < -0.39 is 0 Å². The van der Waals surface area contributed by atoms with Crippen LogP contribution in [0.25, 0.3) is 11.4 Å². The maximum Gasteiger partial charge on any atom is 0.231 e. The third-order valence-electron chi connectivity index (χ3n) is 4.02. The first-order valence-electron chi connectivity index (χ1n) is 8.07. The Kier molecular flexibility index (Phi) is 4.18. The Morgan fingerprint density at radius 1 is 1.04 bits per heavy atom. The lowest BCUT2D eigenvalue weighted by atomic mass is 10.1. The Balaban J connectivity index is 1.48. The number of hydrogen-bond acceptors (Lipinski definition) is 6. The molecular formula is C19H18N4O2. The number of anilines is 1. The van der Waals surface area contributed by atoms with Crippen LogP contribution in [-0.2, 0) is 0 Å². The molecule has 6 nitrogen and oxygen atoms in total. The van der Waals surface area contributed by atoms with Crippen molar-refractivity contribution in [1.29, 1.82) is 0 Å². The summed E-state index contributed by atoms with van der Waals surface area (Å²) < 4.78 is 10.7. The molecule has 0 radical (unpaired) electrons. The summed E-state index contributed by atoms with van der Waals surface area (Å²) in [5, 5.41) is 3.27. The Labute approximate surface area is 145 Å². The van der Waals surface area contributed by atoms with E-state index in [0.717, 1.165) is 22.7 Å². The summed E-state index contributed by atoms with van der Waals surface area (Å²) in [5.41, 5.74) is 8.18. The van der Waals surface area contributed by atoms with Gasteiger partial charge in [0.05, 0.1) is 0 Å². The lowest BCUT2D eigenvalue weighted by Gasteiger charge is -2.14. The van der Waals surface area contributed by atoms with Gasteiger partial charge in [-0.05, 0) is 29.8 Å². The second kappa shape index (κ2) is 6.78. The summed E-state index contributed by atoms with van der Waals surface area (Å²) in [5.74, 6) is 2.81. The zero-order valence-corrected chi connectivity index (χ0v) is 13.6. The van der Waals surface area contributed by atoms with Crippen LogP contribution in [0.3, 0.4) is 0 Å². The van der Waals surface area contributed by atoms with E-state index in [2.05, 4.69) is 15.3 Å². The normalized spacial score (nSPS) is 13.5. The zero-order chi connectivity index (χ0) is 17.1. The quantitative estimate of drug-likeness (QED) is 0.746. The van der Waals surface area contributed by atoms with Crippen molar-refractivity contribution in [1.82, 2.24) is 9.97 Å². The first kappa shape index (κ1) is 15.4. The highest BCUT2D eigenvalue weighted by atomic mass is 16.7. The Hall–Kier alpha value is -3.12. The van der Waals surface area contributed by atoms with Gasteiger partial charge in [0.15, 0.2) is 17.3 Å². The minimum Gasteiger partial charge on any atom is -0.454 e. The van der Waals surface area contributed by atoms with E-state index >= 15 is 0 Å². The summed E-state index contributed by atoms with van der Waals surface area (Å²) >= 11 is 0. The molecule has 126 valence electrons. The van der Waals surface area contributed by atoms with E-state index in [0.29, 0.717) is 18.1 Å². The maximum atomic E-state index is 6.22. The van der Waals surface area contributed by atoms with E-state index in [-0.39, 0.29) is 12.8 Å². The van der Waals surface area contributed by atoms with Crippen LogP contribution in [0.1, 0.15) is 11.6 Å². The molecule has 3 aromatic rings. The van der Waals surface area contributed by atoms with Crippen LogP contribution in [-0.4, -0.2) is 23.3 Å². The van der Waals surface area contributed by atoms with Crippen molar-refractivity contribution < 1.29 is 9.47 Å². The molecule has 2 aromatic carbocycles. The van der Waals surface area contributed by atoms with E-state index in [1.807, 2.05) is 54.6 Å². The summed E-state index contributed by atoms with van der Waals surface area (Å²) in [7, 11) is 0. The zero-order valence-electron chi connectivity index (χ0n) is 13.6. The van der Waals surface area contributed by atoms with E-state index in [9.17, 15) is 0 Å². The molecule has 0 fully saturated rings. The summed E-state index contributed by atoms with van der Waals surface area (Å²) in [6, 6.07) is 17.4. The predicted molar refractivity (Wildman–Crippen MR) is 95.5 cm³/mol. The van der Waals surface area contributed by atoms with Crippen LogP contribution < -0.4 is 20.5 Å². The van der Waals surface area contributed by atoms with Crippen LogP contribution >= 0.6 is 0 Å². The molecule has 0 aliphatic carbocycles. The first-order valence-corrected chi connectivity index (χ1v) is 8.07. The number of fused-ring (bicyclic) bond motifs is 1. The van der Waals surface area contributed by atoms with Gasteiger partial charge in [0.1, 0.15) is 5.82 Å². The lowest BCUT2D eigenvalue weighted by molar-refractivity contribution is 0.174. The average molecular weight is 334 g/mol. The molecule has 1 aromatic heterocycles. The van der Waals surface area contributed by atoms with Gasteiger partial charge in [-0.25, -0.2) is 9.97 Å². The molecule has 1 aliphatic rings. The average Bonchev–Trinajstić information content (AvgIpc) is 3.15. The highest BCUT2D eigenvalue weighted by Gasteiger charge is 2.15. The molecule has 6 heteroatoms. The summed E-state index contributed by atoms with van der Waals surface area (Å²) in [6.07, 6.45) is 1.73. The molecule has 0 unspecified atom stereocenters. The molecule has 0 saturated heterocycles. The molecule has 0 saturated carbocycles. The Morgan fingerprint density at radius 2 is 1.88 bits per heavy atom. The van der Waals surface area contributed by atoms with Gasteiger partial charge in [-0.2, -0.15) is 0 Å². The molecule has 3 N–H and O–H groups in total. The van der Waals surface area contributed by atoms with Crippen molar-refractivity contribution in [3.8, 4) is 22.9 Å². The summed E-state index contributed by atoms with van der Waals surface area (Å²) in [6.45, 7) is 0.834. The van der Waals surface area contributed by atoms with Gasteiger partial charge < -0.3 is 20.5 Å². The van der Waals surface area contributed by atoms with Gasteiger partial charge in [0.25, 0.3) is 0 Å². The molecule has 25 heavy (non-hydrogen) atoms. The smallest absolute Gasteiger partial charge is 0.231 e. The van der Waals surface area contributed by atoms with E-state index in [4.69, 9.17) is 15.2 Å². The fraction of sp³-hybridized carbons (Fsp3) is 0.158. The number of hydrogen-bond donors (Lipinski definition) is 2. The van der Waals surface area contributed by atoms with Gasteiger partial charge >= 0.3 is 0 Å². The van der Waals surface area contributed by atoms with Crippen LogP contribution in [0.15, 0.2) is 60.8 Å². The number of aromatic nitrogens is 2. The van der Waals surface area contributed by atoms with Gasteiger partial charge in [-0.3, -0.25) is 0 Å². The standard InChI is InChI=1S/C19H18N4O2/c20-15(13-4-2-1-3-5-13)11-22-18-8-9-21-19(23-18)14-6-7-16-17(10-14)25-12-24-16/h1-10,15H,11-12,20H2,(H,21,22,23)/t15-/m0/s1. The number of ether oxygens (including phenoxy) is 2. The number of nitrogens with two attached hydrogens (primary N) is 1. The van der Waals surface area contributed by atoms with E-state index in [1.165, 1.54) is 0 Å². The van der Waals surface area contributed by atoms with E-state index in [1.54, 1.807) is 6.20 Å². The number of nitrogens with zero attached hydrogens (tertiary/aromatic N) is 2. The predicted octanol–water partition coefficient (Wildman–Crippen LogP) is 2.98. The molecule has 0 bridgehead atoms.